The Kier molecular flexibility index (Phi) is 13.4. The number of benzene rings is 2. The van der Waals surface area contributed by atoms with Crippen LogP contribution in [0.2, 0.25) is 0 Å². The molecule has 0 heterocycles. The maximum atomic E-state index is 4.39. The summed E-state index contributed by atoms with van der Waals surface area (Å²) in [6.07, 6.45) is 16.2. The van der Waals surface area contributed by atoms with Gasteiger partial charge in [0.15, 0.2) is 0 Å². The van der Waals surface area contributed by atoms with E-state index in [1.807, 2.05) is 30.3 Å². The van der Waals surface area contributed by atoms with Crippen molar-refractivity contribution in [3.05, 3.63) is 54.6 Å². The Balaban J connectivity index is 1.87. The van der Waals surface area contributed by atoms with Gasteiger partial charge >= 0.3 is 0 Å². The van der Waals surface area contributed by atoms with Crippen LogP contribution in [0.5, 0.6) is 0 Å². The van der Waals surface area contributed by atoms with Crippen molar-refractivity contribution in [1.29, 1.82) is 0 Å². The molecule has 0 aromatic heterocycles. The van der Waals surface area contributed by atoms with Gasteiger partial charge in [-0.1, -0.05) is 96.3 Å². The average molecular weight is 422 g/mol. The maximum Gasteiger partial charge on any atom is 0.0858 e. The highest BCUT2D eigenvalue weighted by Crippen LogP contribution is 2.23. The molecule has 2 rings (SSSR count). The zero-order valence-electron chi connectivity index (χ0n) is 19.9. The number of hydrogen-bond donors (Lipinski definition) is 0. The van der Waals surface area contributed by atoms with Crippen LogP contribution in [0.3, 0.4) is 0 Å². The van der Waals surface area contributed by atoms with Crippen molar-refractivity contribution in [2.75, 3.05) is 18.0 Å². The minimum atomic E-state index is 0.888. The van der Waals surface area contributed by atoms with E-state index in [4.69, 9.17) is 0 Å². The van der Waals surface area contributed by atoms with E-state index in [1.165, 1.54) is 82.7 Å². The maximum absolute atomic E-state index is 4.39. The predicted molar refractivity (Wildman–Crippen MR) is 136 cm³/mol. The van der Waals surface area contributed by atoms with Gasteiger partial charge in [-0.3, -0.25) is 0 Å². The lowest BCUT2D eigenvalue weighted by atomic mass is 10.1. The molecule has 2 aromatic rings. The monoisotopic (exact) mass is 421 g/mol. The summed E-state index contributed by atoms with van der Waals surface area (Å²) in [5, 5.41) is 8.72. The van der Waals surface area contributed by atoms with Gasteiger partial charge in [-0.05, 0) is 49.2 Å². The third-order valence-corrected chi connectivity index (χ3v) is 5.82. The molecule has 2 aromatic carbocycles. The summed E-state index contributed by atoms with van der Waals surface area (Å²) in [5.74, 6) is 0. The second kappa shape index (κ2) is 16.5. The zero-order chi connectivity index (χ0) is 22.0. The summed E-state index contributed by atoms with van der Waals surface area (Å²) in [5.41, 5.74) is 3.12. The molecular weight excluding hydrogens is 378 g/mol. The Labute approximate surface area is 191 Å². The second-order valence-corrected chi connectivity index (χ2v) is 8.57. The molecule has 31 heavy (non-hydrogen) atoms. The van der Waals surface area contributed by atoms with Crippen molar-refractivity contribution >= 4 is 17.1 Å². The Morgan fingerprint density at radius 1 is 0.516 bits per heavy atom. The van der Waals surface area contributed by atoms with Gasteiger partial charge in [-0.2, -0.15) is 10.2 Å². The molecule has 3 heteroatoms. The van der Waals surface area contributed by atoms with Crippen LogP contribution in [-0.2, 0) is 0 Å². The smallest absolute Gasteiger partial charge is 0.0858 e. The normalized spacial score (nSPS) is 11.3. The molecule has 0 fully saturated rings. The lowest BCUT2D eigenvalue weighted by molar-refractivity contribution is 0.575. The number of hydrogen-bond acceptors (Lipinski definition) is 3. The van der Waals surface area contributed by atoms with Gasteiger partial charge < -0.3 is 4.90 Å². The molecule has 0 aliphatic carbocycles. The molecule has 0 aliphatic heterocycles. The third-order valence-electron chi connectivity index (χ3n) is 5.82. The van der Waals surface area contributed by atoms with Crippen molar-refractivity contribution in [2.24, 2.45) is 10.2 Å². The predicted octanol–water partition coefficient (Wildman–Crippen LogP) is 9.63. The van der Waals surface area contributed by atoms with E-state index in [2.05, 4.69) is 53.2 Å². The summed E-state index contributed by atoms with van der Waals surface area (Å²) >= 11 is 0. The molecule has 0 saturated carbocycles. The molecule has 0 N–H and O–H groups in total. The first-order valence-electron chi connectivity index (χ1n) is 12.6. The minimum Gasteiger partial charge on any atom is -0.372 e. The van der Waals surface area contributed by atoms with E-state index in [9.17, 15) is 0 Å². The molecule has 0 radical (unpaired) electrons. The molecule has 0 aliphatic rings. The standard InChI is InChI=1S/C28H43N3/c1-3-5-7-9-11-16-24-31(25-17-12-10-8-6-4-2)28-22-20-27(21-23-28)30-29-26-18-14-13-15-19-26/h13-15,18-23H,3-12,16-17,24-25H2,1-2H3. The highest BCUT2D eigenvalue weighted by molar-refractivity contribution is 5.53. The summed E-state index contributed by atoms with van der Waals surface area (Å²) < 4.78 is 0. The van der Waals surface area contributed by atoms with E-state index in [0.717, 1.165) is 24.5 Å². The van der Waals surface area contributed by atoms with Crippen LogP contribution in [0, 0.1) is 0 Å². The molecule has 0 unspecified atom stereocenters. The van der Waals surface area contributed by atoms with Crippen LogP contribution >= 0.6 is 0 Å². The highest BCUT2D eigenvalue weighted by Gasteiger charge is 2.07. The molecule has 0 spiro atoms. The fourth-order valence-corrected chi connectivity index (χ4v) is 3.88. The van der Waals surface area contributed by atoms with E-state index in [1.54, 1.807) is 0 Å². The quantitative estimate of drug-likeness (QED) is 0.184. The first kappa shape index (κ1) is 25.1. The molecule has 0 saturated heterocycles. The van der Waals surface area contributed by atoms with Gasteiger partial charge in [0.25, 0.3) is 0 Å². The van der Waals surface area contributed by atoms with Gasteiger partial charge in [0.1, 0.15) is 0 Å². The van der Waals surface area contributed by atoms with E-state index < -0.39 is 0 Å². The fraction of sp³-hybridized carbons (Fsp3) is 0.571. The van der Waals surface area contributed by atoms with Crippen molar-refractivity contribution in [3.8, 4) is 0 Å². The van der Waals surface area contributed by atoms with Crippen LogP contribution in [0.4, 0.5) is 17.1 Å². The van der Waals surface area contributed by atoms with E-state index in [0.29, 0.717) is 0 Å². The van der Waals surface area contributed by atoms with E-state index >= 15 is 0 Å². The van der Waals surface area contributed by atoms with Crippen molar-refractivity contribution in [1.82, 2.24) is 0 Å². The summed E-state index contributed by atoms with van der Waals surface area (Å²) in [6.45, 7) is 6.88. The summed E-state index contributed by atoms with van der Waals surface area (Å²) in [4.78, 5) is 2.58. The minimum absolute atomic E-state index is 0.888. The number of unbranched alkanes of at least 4 members (excludes halogenated alkanes) is 10. The molecule has 0 atom stereocenters. The Morgan fingerprint density at radius 3 is 1.48 bits per heavy atom. The largest absolute Gasteiger partial charge is 0.372 e. The SMILES string of the molecule is CCCCCCCCN(CCCCCCCC)c1ccc(N=Nc2ccccc2)cc1. The average Bonchev–Trinajstić information content (AvgIpc) is 2.82. The molecular formula is C28H43N3. The summed E-state index contributed by atoms with van der Waals surface area (Å²) in [6, 6.07) is 18.5. The lowest BCUT2D eigenvalue weighted by Crippen LogP contribution is -2.25. The molecule has 170 valence electrons. The van der Waals surface area contributed by atoms with Gasteiger partial charge in [0, 0.05) is 18.8 Å². The van der Waals surface area contributed by atoms with Crippen LogP contribution in [0.25, 0.3) is 0 Å². The van der Waals surface area contributed by atoms with Crippen LogP contribution in [0.1, 0.15) is 90.9 Å². The highest BCUT2D eigenvalue weighted by atomic mass is 15.1. The number of azo groups is 1. The second-order valence-electron chi connectivity index (χ2n) is 8.57. The van der Waals surface area contributed by atoms with Crippen molar-refractivity contribution in [2.45, 2.75) is 90.9 Å². The van der Waals surface area contributed by atoms with Gasteiger partial charge in [0.05, 0.1) is 11.4 Å². The Bertz CT molecular complexity index is 678. The topological polar surface area (TPSA) is 28.0 Å². The number of nitrogens with zero attached hydrogens (tertiary/aromatic N) is 3. The third kappa shape index (κ3) is 11.1. The van der Waals surface area contributed by atoms with Crippen molar-refractivity contribution < 1.29 is 0 Å². The van der Waals surface area contributed by atoms with Gasteiger partial charge in [-0.15, -0.1) is 0 Å². The molecule has 3 nitrogen and oxygen atoms in total. The fourth-order valence-electron chi connectivity index (χ4n) is 3.88. The number of rotatable bonds is 17. The molecule has 0 bridgehead atoms. The Hall–Kier alpha value is -2.16. The van der Waals surface area contributed by atoms with Crippen molar-refractivity contribution in [3.63, 3.8) is 0 Å². The Morgan fingerprint density at radius 2 is 0.968 bits per heavy atom. The molecule has 0 amide bonds. The zero-order valence-corrected chi connectivity index (χ0v) is 19.9. The summed E-state index contributed by atoms with van der Waals surface area (Å²) in [7, 11) is 0. The van der Waals surface area contributed by atoms with Crippen LogP contribution in [-0.4, -0.2) is 13.1 Å². The first-order valence-corrected chi connectivity index (χ1v) is 12.6. The lowest BCUT2D eigenvalue weighted by Gasteiger charge is -2.25. The first-order chi connectivity index (χ1) is 15.3. The van der Waals surface area contributed by atoms with Crippen LogP contribution in [0.15, 0.2) is 64.8 Å². The van der Waals surface area contributed by atoms with Crippen LogP contribution < -0.4 is 4.90 Å². The van der Waals surface area contributed by atoms with Gasteiger partial charge in [0.2, 0.25) is 0 Å². The van der Waals surface area contributed by atoms with Gasteiger partial charge in [-0.25, -0.2) is 0 Å². The number of anilines is 1. The van der Waals surface area contributed by atoms with E-state index in [-0.39, 0.29) is 0 Å².